The molecule has 0 radical (unpaired) electrons. The monoisotopic (exact) mass is 452 g/mol. The van der Waals surface area contributed by atoms with Crippen molar-refractivity contribution in [3.05, 3.63) is 12.7 Å². The normalized spacial score (nSPS) is 26.5. The van der Waals surface area contributed by atoms with Gasteiger partial charge in [0.15, 0.2) is 17.7 Å². The second kappa shape index (κ2) is 11.0. The molecule has 2 fully saturated rings. The lowest BCUT2D eigenvalue weighted by molar-refractivity contribution is -0.0511. The third-order valence-electron chi connectivity index (χ3n) is 4.02. The number of aliphatic hydroxyl groups is 3. The Morgan fingerprint density at radius 2 is 1.80 bits per heavy atom. The molecule has 0 aromatic carbocycles. The number of nitrogen functional groups attached to an aromatic ring is 1. The maximum absolute atomic E-state index is 9.95. The molecule has 0 aliphatic carbocycles. The van der Waals surface area contributed by atoms with Crippen LogP contribution in [0.25, 0.3) is 11.2 Å². The molecule has 0 unspecified atom stereocenters. The second-order valence-corrected chi connectivity index (χ2v) is 7.21. The van der Waals surface area contributed by atoms with Gasteiger partial charge in [0.05, 0.1) is 26.1 Å². The van der Waals surface area contributed by atoms with Gasteiger partial charge in [-0.1, -0.05) is 0 Å². The number of phosphoric acid groups is 1. The van der Waals surface area contributed by atoms with Crippen LogP contribution < -0.4 is 11.1 Å². The van der Waals surface area contributed by atoms with Gasteiger partial charge in [0, 0.05) is 13.1 Å². The van der Waals surface area contributed by atoms with E-state index in [4.69, 9.17) is 39.6 Å². The molecule has 4 rings (SSSR count). The van der Waals surface area contributed by atoms with Crippen molar-refractivity contribution in [3.8, 4) is 0 Å². The number of nitrogens with one attached hydrogen (secondary N) is 1. The minimum absolute atomic E-state index is 0.218. The summed E-state index contributed by atoms with van der Waals surface area (Å²) in [6.07, 6.45) is -1.42. The van der Waals surface area contributed by atoms with Gasteiger partial charge in [-0.15, -0.1) is 0 Å². The zero-order valence-electron chi connectivity index (χ0n) is 15.7. The summed E-state index contributed by atoms with van der Waals surface area (Å²) in [4.78, 5) is 33.5. The Morgan fingerprint density at radius 3 is 2.27 bits per heavy atom. The smallest absolute Gasteiger partial charge is 0.394 e. The third-order valence-corrected chi connectivity index (χ3v) is 4.02. The molecule has 9 N–H and O–H groups in total. The van der Waals surface area contributed by atoms with Crippen molar-refractivity contribution >= 4 is 24.8 Å². The molecule has 0 spiro atoms. The fourth-order valence-electron chi connectivity index (χ4n) is 2.68. The zero-order valence-corrected chi connectivity index (χ0v) is 16.6. The molecule has 0 saturated carbocycles. The molecule has 2 aromatic rings. The van der Waals surface area contributed by atoms with Crippen molar-refractivity contribution in [2.45, 2.75) is 24.5 Å². The molecule has 15 nitrogen and oxygen atoms in total. The molecular formula is C14H25N6O9P. The van der Waals surface area contributed by atoms with Gasteiger partial charge in [-0.25, -0.2) is 19.5 Å². The number of aliphatic hydroxyl groups excluding tert-OH is 3. The van der Waals surface area contributed by atoms with Gasteiger partial charge in [0.25, 0.3) is 0 Å². The lowest BCUT2D eigenvalue weighted by Crippen LogP contribution is -2.33. The maximum Gasteiger partial charge on any atom is 0.466 e. The minimum atomic E-state index is -4.64. The van der Waals surface area contributed by atoms with Gasteiger partial charge in [-0.2, -0.15) is 0 Å². The quantitative estimate of drug-likeness (QED) is 0.208. The SMILES string of the molecule is C1COCCN1.Nc1ncnc2c1ncn2[C@@H]1O[C@H](CO)[C@@H](O)[C@H]1O.O=P(O)(O)O. The standard InChI is InChI=1S/C10H13N5O4.C4H9NO.H3O4P/c11-8-5-9(13-2-12-8)15(3-14-5)10-7(18)6(17)4(1-16)19-10;1-3-6-4-2-5-1;1-5(2,3)4/h2-4,6-7,10,16-18H,1H2,(H2,11,12,13);5H,1-4H2;(H3,1,2,3,4)/t4-,6-,7-,10-;;/m1../s1. The van der Waals surface area contributed by atoms with Crippen LogP contribution in [0.3, 0.4) is 0 Å². The second-order valence-electron chi connectivity index (χ2n) is 6.19. The Kier molecular flexibility index (Phi) is 8.99. The number of nitrogens with zero attached hydrogens (tertiary/aromatic N) is 4. The van der Waals surface area contributed by atoms with Crippen LogP contribution in [0, 0.1) is 0 Å². The van der Waals surface area contributed by atoms with E-state index in [0.717, 1.165) is 26.3 Å². The van der Waals surface area contributed by atoms with Crippen molar-refractivity contribution in [1.29, 1.82) is 0 Å². The summed E-state index contributed by atoms with van der Waals surface area (Å²) < 4.78 is 20.7. The van der Waals surface area contributed by atoms with Crippen LogP contribution in [0.15, 0.2) is 12.7 Å². The highest BCUT2D eigenvalue weighted by atomic mass is 31.2. The van der Waals surface area contributed by atoms with Crippen molar-refractivity contribution in [3.63, 3.8) is 0 Å². The van der Waals surface area contributed by atoms with Gasteiger partial charge in [-0.05, 0) is 0 Å². The number of anilines is 1. The third kappa shape index (κ3) is 6.88. The van der Waals surface area contributed by atoms with Crippen LogP contribution in [0.1, 0.15) is 6.23 Å². The fraction of sp³-hybridized carbons (Fsp3) is 0.643. The molecule has 2 aromatic heterocycles. The molecule has 2 aliphatic rings. The van der Waals surface area contributed by atoms with Crippen LogP contribution in [-0.4, -0.2) is 101 Å². The Balaban J connectivity index is 0.000000240. The average Bonchev–Trinajstić information content (AvgIpc) is 3.25. The highest BCUT2D eigenvalue weighted by Gasteiger charge is 2.43. The predicted octanol–water partition coefficient (Wildman–Crippen LogP) is -3.30. The molecule has 4 heterocycles. The number of aromatic nitrogens is 4. The van der Waals surface area contributed by atoms with Gasteiger partial charge in [0.2, 0.25) is 0 Å². The Labute approximate surface area is 170 Å². The topological polar surface area (TPSA) is 239 Å². The van der Waals surface area contributed by atoms with Crippen LogP contribution in [0.2, 0.25) is 0 Å². The predicted molar refractivity (Wildman–Crippen MR) is 101 cm³/mol. The van der Waals surface area contributed by atoms with E-state index >= 15 is 0 Å². The lowest BCUT2D eigenvalue weighted by atomic mass is 10.1. The molecule has 16 heteroatoms. The van der Waals surface area contributed by atoms with E-state index in [9.17, 15) is 10.2 Å². The van der Waals surface area contributed by atoms with Crippen LogP contribution >= 0.6 is 7.82 Å². The number of fused-ring (bicyclic) bond motifs is 1. The number of morpholine rings is 1. The summed E-state index contributed by atoms with van der Waals surface area (Å²) in [7, 11) is -4.64. The number of ether oxygens (including phenoxy) is 2. The molecule has 30 heavy (non-hydrogen) atoms. The van der Waals surface area contributed by atoms with Crippen LogP contribution in [-0.2, 0) is 14.0 Å². The van der Waals surface area contributed by atoms with Gasteiger partial charge < -0.3 is 50.5 Å². The molecule has 170 valence electrons. The summed E-state index contributed by atoms with van der Waals surface area (Å²) >= 11 is 0. The highest BCUT2D eigenvalue weighted by molar-refractivity contribution is 7.45. The van der Waals surface area contributed by atoms with Crippen LogP contribution in [0.5, 0.6) is 0 Å². The van der Waals surface area contributed by atoms with Crippen LogP contribution in [0.4, 0.5) is 5.82 Å². The highest BCUT2D eigenvalue weighted by Crippen LogP contribution is 2.31. The summed E-state index contributed by atoms with van der Waals surface area (Å²) in [6, 6.07) is 0. The van der Waals surface area contributed by atoms with E-state index in [-0.39, 0.29) is 5.82 Å². The van der Waals surface area contributed by atoms with Gasteiger partial charge >= 0.3 is 7.82 Å². The molecule has 2 saturated heterocycles. The first-order chi connectivity index (χ1) is 14.1. The summed E-state index contributed by atoms with van der Waals surface area (Å²) in [5, 5.41) is 31.9. The van der Waals surface area contributed by atoms with Crippen molar-refractivity contribution in [2.75, 3.05) is 38.6 Å². The van der Waals surface area contributed by atoms with E-state index in [1.165, 1.54) is 17.2 Å². The van der Waals surface area contributed by atoms with E-state index < -0.39 is 39.0 Å². The summed E-state index contributed by atoms with van der Waals surface area (Å²) in [5.74, 6) is 0.218. The summed E-state index contributed by atoms with van der Waals surface area (Å²) in [5.41, 5.74) is 6.44. The molecule has 4 atom stereocenters. The number of imidazole rings is 1. The molecule has 0 amide bonds. The average molecular weight is 452 g/mol. The maximum atomic E-state index is 9.95. The number of nitrogens with two attached hydrogens (primary N) is 1. The number of rotatable bonds is 2. The number of hydrogen-bond acceptors (Lipinski definition) is 11. The van der Waals surface area contributed by atoms with Gasteiger partial charge in [0.1, 0.15) is 30.2 Å². The number of hydrogen-bond donors (Lipinski definition) is 8. The first-order valence-electron chi connectivity index (χ1n) is 8.75. The van der Waals surface area contributed by atoms with E-state index in [1.807, 2.05) is 0 Å². The summed E-state index contributed by atoms with van der Waals surface area (Å²) in [6.45, 7) is 3.44. The largest absolute Gasteiger partial charge is 0.466 e. The molecular weight excluding hydrogens is 427 g/mol. The minimum Gasteiger partial charge on any atom is -0.394 e. The van der Waals surface area contributed by atoms with E-state index in [1.54, 1.807) is 0 Å². The molecule has 0 bridgehead atoms. The lowest BCUT2D eigenvalue weighted by Gasteiger charge is -2.16. The first-order valence-corrected chi connectivity index (χ1v) is 10.3. The Bertz CT molecular complexity index is 825. The van der Waals surface area contributed by atoms with Crippen molar-refractivity contribution in [1.82, 2.24) is 24.8 Å². The van der Waals surface area contributed by atoms with E-state index in [2.05, 4.69) is 20.3 Å². The van der Waals surface area contributed by atoms with E-state index in [0.29, 0.717) is 11.2 Å². The first kappa shape index (κ1) is 24.5. The zero-order chi connectivity index (χ0) is 22.3. The van der Waals surface area contributed by atoms with Crippen molar-refractivity contribution in [2.24, 2.45) is 0 Å². The van der Waals surface area contributed by atoms with Gasteiger partial charge in [-0.3, -0.25) is 4.57 Å². The Hall–Kier alpha value is -1.78. The fourth-order valence-corrected chi connectivity index (χ4v) is 2.68. The Morgan fingerprint density at radius 1 is 1.17 bits per heavy atom. The van der Waals surface area contributed by atoms with Crippen molar-refractivity contribution < 1.29 is 44.0 Å². The molecule has 2 aliphatic heterocycles.